The van der Waals surface area contributed by atoms with Gasteiger partial charge < -0.3 is 4.90 Å². The van der Waals surface area contributed by atoms with Crippen LogP contribution in [-0.2, 0) is 4.79 Å². The Balaban J connectivity index is 2.11. The van der Waals surface area contributed by atoms with E-state index in [-0.39, 0.29) is 11.6 Å². The van der Waals surface area contributed by atoms with E-state index in [9.17, 15) is 14.9 Å². The van der Waals surface area contributed by atoms with Gasteiger partial charge >= 0.3 is 0 Å². The number of nitro benzene ring substituents is 1. The van der Waals surface area contributed by atoms with Gasteiger partial charge in [-0.25, -0.2) is 0 Å². The second-order valence-corrected chi connectivity index (χ2v) is 4.66. The summed E-state index contributed by atoms with van der Waals surface area (Å²) in [5.74, 6) is 0.0216. The number of nitrogens with zero attached hydrogens (tertiary/aromatic N) is 2. The maximum Gasteiger partial charge on any atom is 0.269 e. The zero-order valence-electron chi connectivity index (χ0n) is 10.8. The Kier molecular flexibility index (Phi) is 3.94. The van der Waals surface area contributed by atoms with Crippen LogP contribution < -0.4 is 0 Å². The lowest BCUT2D eigenvalue weighted by atomic mass is 10.1. The third-order valence-electron chi connectivity index (χ3n) is 3.29. The summed E-state index contributed by atoms with van der Waals surface area (Å²) in [6.45, 7) is 3.49. The van der Waals surface area contributed by atoms with Crippen molar-refractivity contribution in [2.75, 3.05) is 13.1 Å². The predicted octanol–water partition coefficient (Wildman–Crippen LogP) is 2.62. The minimum Gasteiger partial charge on any atom is -0.339 e. The Bertz CT molecular complexity index is 514. The summed E-state index contributed by atoms with van der Waals surface area (Å²) < 4.78 is 0. The molecule has 0 bridgehead atoms. The highest BCUT2D eigenvalue weighted by molar-refractivity contribution is 5.95. The Labute approximate surface area is 111 Å². The molecule has 0 radical (unpaired) electrons. The number of hydrogen-bond acceptors (Lipinski definition) is 3. The molecule has 1 amide bonds. The molecule has 19 heavy (non-hydrogen) atoms. The van der Waals surface area contributed by atoms with E-state index >= 15 is 0 Å². The van der Waals surface area contributed by atoms with Gasteiger partial charge in [0.05, 0.1) is 4.92 Å². The molecule has 1 aliphatic rings. The molecule has 1 saturated heterocycles. The second-order valence-electron chi connectivity index (χ2n) is 4.66. The lowest BCUT2D eigenvalue weighted by Crippen LogP contribution is -2.25. The maximum absolute atomic E-state index is 11.9. The van der Waals surface area contributed by atoms with Gasteiger partial charge in [-0.05, 0) is 43.0 Å². The smallest absolute Gasteiger partial charge is 0.269 e. The van der Waals surface area contributed by atoms with Gasteiger partial charge in [0.25, 0.3) is 5.69 Å². The SMILES string of the molecule is CC(=CC(=O)N1CCCC1)c1ccc([N+](=O)[O-])cc1. The average molecular weight is 260 g/mol. The fraction of sp³-hybridized carbons (Fsp3) is 0.357. The van der Waals surface area contributed by atoms with E-state index in [1.807, 2.05) is 11.8 Å². The lowest BCUT2D eigenvalue weighted by Gasteiger charge is -2.13. The zero-order valence-corrected chi connectivity index (χ0v) is 10.8. The first-order valence-electron chi connectivity index (χ1n) is 6.30. The quantitative estimate of drug-likeness (QED) is 0.476. The monoisotopic (exact) mass is 260 g/mol. The number of non-ortho nitro benzene ring substituents is 1. The summed E-state index contributed by atoms with van der Waals surface area (Å²) in [6, 6.07) is 6.24. The van der Waals surface area contributed by atoms with E-state index in [0.29, 0.717) is 0 Å². The number of rotatable bonds is 3. The van der Waals surface area contributed by atoms with E-state index < -0.39 is 4.92 Å². The number of amides is 1. The largest absolute Gasteiger partial charge is 0.339 e. The van der Waals surface area contributed by atoms with E-state index in [2.05, 4.69) is 0 Å². The van der Waals surface area contributed by atoms with Gasteiger partial charge in [0.2, 0.25) is 5.91 Å². The van der Waals surface area contributed by atoms with Crippen LogP contribution in [0, 0.1) is 10.1 Å². The standard InChI is InChI=1S/C14H16N2O3/c1-11(10-14(17)15-8-2-3-9-15)12-4-6-13(7-5-12)16(18)19/h4-7,10H,2-3,8-9H2,1H3. The summed E-state index contributed by atoms with van der Waals surface area (Å²) in [6.07, 6.45) is 3.73. The van der Waals surface area contributed by atoms with Gasteiger partial charge in [0, 0.05) is 31.3 Å². The first-order chi connectivity index (χ1) is 9.08. The van der Waals surface area contributed by atoms with Gasteiger partial charge in [-0.2, -0.15) is 0 Å². The number of likely N-dealkylation sites (tertiary alicyclic amines) is 1. The van der Waals surface area contributed by atoms with E-state index in [1.54, 1.807) is 18.2 Å². The highest BCUT2D eigenvalue weighted by atomic mass is 16.6. The third kappa shape index (κ3) is 3.19. The van der Waals surface area contributed by atoms with Crippen LogP contribution in [0.3, 0.4) is 0 Å². The number of benzene rings is 1. The summed E-state index contributed by atoms with van der Waals surface area (Å²) >= 11 is 0. The predicted molar refractivity (Wildman–Crippen MR) is 72.6 cm³/mol. The van der Waals surface area contributed by atoms with Crippen LogP contribution in [0.4, 0.5) is 5.69 Å². The first kappa shape index (κ1) is 13.3. The molecule has 5 nitrogen and oxygen atoms in total. The molecule has 0 unspecified atom stereocenters. The molecule has 0 aliphatic carbocycles. The number of carbonyl (C=O) groups excluding carboxylic acids is 1. The van der Waals surface area contributed by atoms with Crippen molar-refractivity contribution in [3.8, 4) is 0 Å². The Morgan fingerprint density at radius 1 is 1.26 bits per heavy atom. The minimum absolute atomic E-state index is 0.0216. The summed E-state index contributed by atoms with van der Waals surface area (Å²) in [5, 5.41) is 10.6. The highest BCUT2D eigenvalue weighted by Crippen LogP contribution is 2.19. The number of hydrogen-bond donors (Lipinski definition) is 0. The van der Waals surface area contributed by atoms with E-state index in [1.165, 1.54) is 12.1 Å². The average Bonchev–Trinajstić information content (AvgIpc) is 2.92. The lowest BCUT2D eigenvalue weighted by molar-refractivity contribution is -0.384. The zero-order chi connectivity index (χ0) is 13.8. The van der Waals surface area contributed by atoms with E-state index in [4.69, 9.17) is 0 Å². The molecular formula is C14H16N2O3. The fourth-order valence-corrected chi connectivity index (χ4v) is 2.14. The Morgan fingerprint density at radius 3 is 2.37 bits per heavy atom. The van der Waals surface area contributed by atoms with Crippen LogP contribution in [0.25, 0.3) is 5.57 Å². The molecule has 1 aliphatic heterocycles. The summed E-state index contributed by atoms with van der Waals surface area (Å²) in [7, 11) is 0. The molecular weight excluding hydrogens is 244 g/mol. The molecule has 0 spiro atoms. The van der Waals surface area contributed by atoms with Gasteiger partial charge in [-0.15, -0.1) is 0 Å². The molecule has 1 aromatic rings. The van der Waals surface area contributed by atoms with Crippen molar-refractivity contribution < 1.29 is 9.72 Å². The molecule has 100 valence electrons. The van der Waals surface area contributed by atoms with Crippen LogP contribution in [0.2, 0.25) is 0 Å². The fourth-order valence-electron chi connectivity index (χ4n) is 2.14. The summed E-state index contributed by atoms with van der Waals surface area (Å²) in [4.78, 5) is 23.9. The third-order valence-corrected chi connectivity index (χ3v) is 3.29. The number of nitro groups is 1. The van der Waals surface area contributed by atoms with Crippen LogP contribution in [0.5, 0.6) is 0 Å². The first-order valence-corrected chi connectivity index (χ1v) is 6.30. The second kappa shape index (κ2) is 5.65. The van der Waals surface area contributed by atoms with Crippen LogP contribution in [0.15, 0.2) is 30.3 Å². The Hall–Kier alpha value is -2.17. The van der Waals surface area contributed by atoms with Crippen molar-refractivity contribution in [1.82, 2.24) is 4.90 Å². The van der Waals surface area contributed by atoms with Crippen molar-refractivity contribution >= 4 is 17.2 Å². The summed E-state index contributed by atoms with van der Waals surface area (Å²) in [5.41, 5.74) is 1.72. The highest BCUT2D eigenvalue weighted by Gasteiger charge is 2.16. The van der Waals surface area contributed by atoms with Crippen molar-refractivity contribution in [1.29, 1.82) is 0 Å². The molecule has 1 heterocycles. The van der Waals surface area contributed by atoms with Gasteiger partial charge in [-0.3, -0.25) is 14.9 Å². The molecule has 0 saturated carbocycles. The molecule has 0 aromatic heterocycles. The van der Waals surface area contributed by atoms with E-state index in [0.717, 1.165) is 37.1 Å². The number of allylic oxidation sites excluding steroid dienone is 1. The molecule has 1 aromatic carbocycles. The van der Waals surface area contributed by atoms with Crippen molar-refractivity contribution in [2.24, 2.45) is 0 Å². The molecule has 5 heteroatoms. The Morgan fingerprint density at radius 2 is 1.84 bits per heavy atom. The van der Waals surface area contributed by atoms with Crippen molar-refractivity contribution in [2.45, 2.75) is 19.8 Å². The van der Waals surface area contributed by atoms with Crippen molar-refractivity contribution in [3.63, 3.8) is 0 Å². The molecule has 2 rings (SSSR count). The van der Waals surface area contributed by atoms with Crippen LogP contribution in [-0.4, -0.2) is 28.8 Å². The molecule has 0 atom stereocenters. The molecule has 1 fully saturated rings. The van der Waals surface area contributed by atoms with Gasteiger partial charge in [0.1, 0.15) is 0 Å². The van der Waals surface area contributed by atoms with Gasteiger partial charge in [0.15, 0.2) is 0 Å². The van der Waals surface area contributed by atoms with Gasteiger partial charge in [-0.1, -0.05) is 0 Å². The van der Waals surface area contributed by atoms with Crippen LogP contribution in [0.1, 0.15) is 25.3 Å². The number of carbonyl (C=O) groups is 1. The maximum atomic E-state index is 11.9. The molecule has 0 N–H and O–H groups in total. The normalized spacial score (nSPS) is 15.6. The minimum atomic E-state index is -0.432. The van der Waals surface area contributed by atoms with Crippen molar-refractivity contribution in [3.05, 3.63) is 46.0 Å². The topological polar surface area (TPSA) is 63.5 Å². The van der Waals surface area contributed by atoms with Crippen LogP contribution >= 0.6 is 0 Å².